The average molecular weight is 395 g/mol. The fourth-order valence-electron chi connectivity index (χ4n) is 2.70. The SMILES string of the molecule is C=NC(=N)c1ccccc1.Cc1cc(OCS)c(C)cc1CCn1ccnc1. The molecule has 0 saturated carbocycles. The molecule has 3 aromatic rings. The Hall–Kier alpha value is -2.86. The molecule has 6 heteroatoms. The first-order valence-electron chi connectivity index (χ1n) is 8.95. The monoisotopic (exact) mass is 394 g/mol. The van der Waals surface area contributed by atoms with Gasteiger partial charge in [0.05, 0.1) is 6.33 Å². The predicted molar refractivity (Wildman–Crippen MR) is 119 cm³/mol. The molecular weight excluding hydrogens is 368 g/mol. The van der Waals surface area contributed by atoms with Crippen LogP contribution in [0.1, 0.15) is 22.3 Å². The highest BCUT2D eigenvalue weighted by Gasteiger charge is 2.05. The number of aryl methyl sites for hydroxylation is 4. The summed E-state index contributed by atoms with van der Waals surface area (Å²) in [6.07, 6.45) is 6.65. The zero-order valence-corrected chi connectivity index (χ0v) is 17.2. The van der Waals surface area contributed by atoms with E-state index in [1.54, 1.807) is 0 Å². The van der Waals surface area contributed by atoms with Crippen LogP contribution in [0.4, 0.5) is 0 Å². The molecule has 0 fully saturated rings. The standard InChI is InChI=1S/C14H18N2OS.C8H8N2/c1-11-8-14(17-10-18)12(2)7-13(11)3-5-16-6-4-15-9-16;1-10-8(9)7-5-3-2-4-6-7/h4,6-9,18H,3,5,10H2,1-2H3;2-6,9H,1H2. The van der Waals surface area contributed by atoms with E-state index in [2.05, 4.69) is 59.9 Å². The summed E-state index contributed by atoms with van der Waals surface area (Å²) < 4.78 is 7.56. The van der Waals surface area contributed by atoms with Crippen molar-refractivity contribution in [3.63, 3.8) is 0 Å². The Kier molecular flexibility index (Phi) is 8.49. The maximum atomic E-state index is 7.25. The molecule has 0 bridgehead atoms. The van der Waals surface area contributed by atoms with E-state index in [1.165, 1.54) is 11.1 Å². The van der Waals surface area contributed by atoms with Crippen molar-refractivity contribution in [3.05, 3.63) is 83.4 Å². The van der Waals surface area contributed by atoms with Gasteiger partial charge in [0.25, 0.3) is 0 Å². The first kappa shape index (κ1) is 21.4. The number of amidine groups is 1. The smallest absolute Gasteiger partial charge is 0.151 e. The molecule has 0 aliphatic heterocycles. The Morgan fingerprint density at radius 1 is 1.21 bits per heavy atom. The van der Waals surface area contributed by atoms with E-state index in [1.807, 2.05) is 49.1 Å². The van der Waals surface area contributed by atoms with Gasteiger partial charge in [0.15, 0.2) is 5.84 Å². The average Bonchev–Trinajstić information content (AvgIpc) is 3.24. The van der Waals surface area contributed by atoms with Crippen LogP contribution in [-0.2, 0) is 13.0 Å². The summed E-state index contributed by atoms with van der Waals surface area (Å²) in [7, 11) is 0. The number of ether oxygens (including phenoxy) is 1. The molecule has 0 amide bonds. The molecule has 28 heavy (non-hydrogen) atoms. The Morgan fingerprint density at radius 3 is 2.57 bits per heavy atom. The molecule has 146 valence electrons. The summed E-state index contributed by atoms with van der Waals surface area (Å²) in [6, 6.07) is 13.6. The van der Waals surface area contributed by atoms with Crippen molar-refractivity contribution in [2.75, 3.05) is 5.94 Å². The number of aromatic nitrogens is 2. The number of benzene rings is 2. The van der Waals surface area contributed by atoms with Gasteiger partial charge in [-0.1, -0.05) is 36.4 Å². The van der Waals surface area contributed by atoms with E-state index in [4.69, 9.17) is 10.1 Å². The van der Waals surface area contributed by atoms with Crippen LogP contribution in [0.5, 0.6) is 5.75 Å². The Morgan fingerprint density at radius 2 is 1.96 bits per heavy atom. The topological polar surface area (TPSA) is 63.3 Å². The van der Waals surface area contributed by atoms with Crippen molar-refractivity contribution in [3.8, 4) is 5.75 Å². The molecule has 0 atom stereocenters. The highest BCUT2D eigenvalue weighted by atomic mass is 32.1. The minimum atomic E-state index is 0.223. The van der Waals surface area contributed by atoms with E-state index in [0.29, 0.717) is 5.94 Å². The molecule has 0 spiro atoms. The van der Waals surface area contributed by atoms with Gasteiger partial charge < -0.3 is 9.30 Å². The fraction of sp³-hybridized carbons (Fsp3) is 0.227. The second kappa shape index (κ2) is 11.1. The first-order valence-corrected chi connectivity index (χ1v) is 9.58. The summed E-state index contributed by atoms with van der Waals surface area (Å²) in [6.45, 7) is 8.40. The lowest BCUT2D eigenvalue weighted by molar-refractivity contribution is 0.391. The molecule has 0 radical (unpaired) electrons. The Labute approximate surface area is 172 Å². The van der Waals surface area contributed by atoms with Crippen LogP contribution >= 0.6 is 12.6 Å². The quantitative estimate of drug-likeness (QED) is 0.275. The summed E-state index contributed by atoms with van der Waals surface area (Å²) in [5, 5.41) is 7.25. The summed E-state index contributed by atoms with van der Waals surface area (Å²) in [5.74, 6) is 1.56. The number of hydrogen-bond donors (Lipinski definition) is 2. The Bertz CT molecular complexity index is 892. The van der Waals surface area contributed by atoms with Crippen LogP contribution in [-0.4, -0.2) is 28.0 Å². The number of nitrogens with zero attached hydrogens (tertiary/aromatic N) is 3. The molecule has 5 nitrogen and oxygen atoms in total. The number of thiol groups is 1. The third-order valence-corrected chi connectivity index (χ3v) is 4.39. The minimum absolute atomic E-state index is 0.223. The van der Waals surface area contributed by atoms with Gasteiger partial charge in [0.1, 0.15) is 11.7 Å². The van der Waals surface area contributed by atoms with Gasteiger partial charge in [-0.2, -0.15) is 0 Å². The van der Waals surface area contributed by atoms with Crippen molar-refractivity contribution in [1.82, 2.24) is 9.55 Å². The molecule has 0 unspecified atom stereocenters. The van der Waals surface area contributed by atoms with Crippen LogP contribution in [0.3, 0.4) is 0 Å². The molecule has 0 aliphatic rings. The summed E-state index contributed by atoms with van der Waals surface area (Å²) >= 11 is 4.09. The molecule has 0 saturated heterocycles. The zero-order valence-electron chi connectivity index (χ0n) is 16.3. The lowest BCUT2D eigenvalue weighted by atomic mass is 10.0. The van der Waals surface area contributed by atoms with Crippen molar-refractivity contribution in [1.29, 1.82) is 5.41 Å². The maximum absolute atomic E-state index is 7.25. The van der Waals surface area contributed by atoms with Gasteiger partial charge in [-0.3, -0.25) is 5.41 Å². The van der Waals surface area contributed by atoms with Gasteiger partial charge in [-0.25, -0.2) is 9.98 Å². The molecule has 1 heterocycles. The third kappa shape index (κ3) is 6.39. The van der Waals surface area contributed by atoms with E-state index in [0.717, 1.165) is 29.8 Å². The first-order chi connectivity index (χ1) is 13.5. The molecule has 1 aromatic heterocycles. The van der Waals surface area contributed by atoms with Crippen LogP contribution < -0.4 is 4.74 Å². The van der Waals surface area contributed by atoms with Gasteiger partial charge in [0, 0.05) is 24.5 Å². The minimum Gasteiger partial charge on any atom is -0.483 e. The van der Waals surface area contributed by atoms with Crippen molar-refractivity contribution >= 4 is 25.2 Å². The fourth-order valence-corrected chi connectivity index (χ4v) is 2.84. The molecular formula is C22H26N4OS. The number of aliphatic imine (C=N–C) groups is 1. The lowest BCUT2D eigenvalue weighted by Crippen LogP contribution is -2.02. The predicted octanol–water partition coefficient (Wildman–Crippen LogP) is 4.72. The highest BCUT2D eigenvalue weighted by molar-refractivity contribution is 7.80. The van der Waals surface area contributed by atoms with Crippen LogP contribution in [0.2, 0.25) is 0 Å². The van der Waals surface area contributed by atoms with E-state index >= 15 is 0 Å². The number of hydrogen-bond acceptors (Lipinski definition) is 4. The van der Waals surface area contributed by atoms with Crippen LogP contribution in [0.15, 0.2) is 66.2 Å². The Balaban J connectivity index is 0.000000237. The van der Waals surface area contributed by atoms with Gasteiger partial charge >= 0.3 is 0 Å². The molecule has 2 aromatic carbocycles. The van der Waals surface area contributed by atoms with Crippen LogP contribution in [0.25, 0.3) is 0 Å². The van der Waals surface area contributed by atoms with Crippen molar-refractivity contribution in [2.24, 2.45) is 4.99 Å². The molecule has 1 N–H and O–H groups in total. The van der Waals surface area contributed by atoms with Gasteiger partial charge in [-0.05, 0) is 49.7 Å². The highest BCUT2D eigenvalue weighted by Crippen LogP contribution is 2.23. The number of imidazole rings is 1. The van der Waals surface area contributed by atoms with E-state index < -0.39 is 0 Å². The summed E-state index contributed by atoms with van der Waals surface area (Å²) in [5.41, 5.74) is 4.58. The molecule has 3 rings (SSSR count). The molecule has 0 aliphatic carbocycles. The number of rotatable bonds is 6. The van der Waals surface area contributed by atoms with Crippen molar-refractivity contribution in [2.45, 2.75) is 26.8 Å². The normalized spacial score (nSPS) is 9.96. The maximum Gasteiger partial charge on any atom is 0.151 e. The zero-order chi connectivity index (χ0) is 20.4. The third-order valence-electron chi connectivity index (χ3n) is 4.26. The lowest BCUT2D eigenvalue weighted by Gasteiger charge is -2.12. The number of nitrogens with one attached hydrogen (secondary N) is 1. The van der Waals surface area contributed by atoms with Crippen molar-refractivity contribution < 1.29 is 4.74 Å². The van der Waals surface area contributed by atoms with Gasteiger partial charge in [-0.15, -0.1) is 12.6 Å². The van der Waals surface area contributed by atoms with E-state index in [-0.39, 0.29) is 5.84 Å². The largest absolute Gasteiger partial charge is 0.483 e. The second-order valence-electron chi connectivity index (χ2n) is 6.24. The summed E-state index contributed by atoms with van der Waals surface area (Å²) in [4.78, 5) is 7.54. The van der Waals surface area contributed by atoms with E-state index in [9.17, 15) is 0 Å². The van der Waals surface area contributed by atoms with Crippen LogP contribution in [0, 0.1) is 19.3 Å². The van der Waals surface area contributed by atoms with Gasteiger partial charge in [0.2, 0.25) is 0 Å². The second-order valence-corrected chi connectivity index (χ2v) is 6.50.